The summed E-state index contributed by atoms with van der Waals surface area (Å²) in [5.41, 5.74) is 3.61. The molecule has 0 aromatic carbocycles. The van der Waals surface area contributed by atoms with Gasteiger partial charge in [-0.1, -0.05) is 0 Å². The Hall–Kier alpha value is -0.570. The third-order valence-electron chi connectivity index (χ3n) is 0.936. The fourth-order valence-electron chi connectivity index (χ4n) is 0.502. The van der Waals surface area contributed by atoms with Crippen molar-refractivity contribution in [3.8, 4) is 0 Å². The average Bonchev–Trinajstić information content (AvgIpc) is 1.85. The summed E-state index contributed by atoms with van der Waals surface area (Å²) in [4.78, 5) is 10.6. The molecule has 0 radical (unpaired) electrons. The standard InChI is InChI=1S/C6H13NO2/c1-2-9-6(8)4-3-5-7/h2-5,7H2,1H3/p+1. The number of hydrogen-bond acceptors (Lipinski definition) is 2. The Balaban J connectivity index is 3.06. The van der Waals surface area contributed by atoms with E-state index in [2.05, 4.69) is 10.5 Å². The Kier molecular flexibility index (Phi) is 5.21. The molecule has 0 saturated heterocycles. The van der Waals surface area contributed by atoms with Crippen LogP contribution >= 0.6 is 0 Å². The molecule has 0 fully saturated rings. The molecule has 0 rings (SSSR count). The molecule has 0 amide bonds. The summed E-state index contributed by atoms with van der Waals surface area (Å²) in [6.07, 6.45) is 1.34. The number of quaternary nitrogens is 1. The van der Waals surface area contributed by atoms with Crippen LogP contribution in [0.3, 0.4) is 0 Å². The number of carbonyl (C=O) groups excluding carboxylic acids is 1. The lowest BCUT2D eigenvalue weighted by atomic mass is 10.3. The maximum Gasteiger partial charge on any atom is 0.305 e. The molecule has 0 aromatic rings. The number of hydrogen-bond donors (Lipinski definition) is 1. The van der Waals surface area contributed by atoms with Crippen molar-refractivity contribution in [1.82, 2.24) is 0 Å². The van der Waals surface area contributed by atoms with Gasteiger partial charge in [0, 0.05) is 6.42 Å². The third kappa shape index (κ3) is 5.30. The molecule has 3 N–H and O–H groups in total. The molecule has 0 atom stereocenters. The van der Waals surface area contributed by atoms with E-state index in [0.29, 0.717) is 13.0 Å². The average molecular weight is 132 g/mol. The minimum atomic E-state index is -0.110. The highest BCUT2D eigenvalue weighted by atomic mass is 16.5. The lowest BCUT2D eigenvalue weighted by Crippen LogP contribution is -2.50. The second kappa shape index (κ2) is 5.56. The van der Waals surface area contributed by atoms with Crippen LogP contribution in [0.15, 0.2) is 0 Å². The van der Waals surface area contributed by atoms with Crippen LogP contribution in [0.25, 0.3) is 0 Å². The van der Waals surface area contributed by atoms with Crippen LogP contribution in [0.5, 0.6) is 0 Å². The predicted molar refractivity (Wildman–Crippen MR) is 33.6 cm³/mol. The molecule has 0 aliphatic heterocycles. The monoisotopic (exact) mass is 132 g/mol. The van der Waals surface area contributed by atoms with E-state index in [1.54, 1.807) is 0 Å². The molecule has 0 spiro atoms. The Morgan fingerprint density at radius 1 is 1.67 bits per heavy atom. The summed E-state index contributed by atoms with van der Waals surface area (Å²) >= 11 is 0. The fourth-order valence-corrected chi connectivity index (χ4v) is 0.502. The van der Waals surface area contributed by atoms with E-state index >= 15 is 0 Å². The molecule has 0 aromatic heterocycles. The van der Waals surface area contributed by atoms with Crippen molar-refractivity contribution < 1.29 is 15.3 Å². The molecule has 0 bridgehead atoms. The predicted octanol–water partition coefficient (Wildman–Crippen LogP) is -0.428. The van der Waals surface area contributed by atoms with Crippen LogP contribution in [0.1, 0.15) is 19.8 Å². The zero-order valence-electron chi connectivity index (χ0n) is 5.85. The quantitative estimate of drug-likeness (QED) is 0.528. The van der Waals surface area contributed by atoms with Crippen molar-refractivity contribution in [2.45, 2.75) is 19.8 Å². The second-order valence-corrected chi connectivity index (χ2v) is 1.76. The van der Waals surface area contributed by atoms with Gasteiger partial charge in [0.1, 0.15) is 0 Å². The Labute approximate surface area is 55.2 Å². The van der Waals surface area contributed by atoms with E-state index in [-0.39, 0.29) is 5.97 Å². The zero-order valence-corrected chi connectivity index (χ0v) is 5.85. The molecular formula is C6H14NO2+. The molecule has 3 nitrogen and oxygen atoms in total. The summed E-state index contributed by atoms with van der Waals surface area (Å²) < 4.78 is 4.68. The van der Waals surface area contributed by atoms with Gasteiger partial charge in [-0.15, -0.1) is 0 Å². The first-order valence-electron chi connectivity index (χ1n) is 3.26. The van der Waals surface area contributed by atoms with Gasteiger partial charge in [0.25, 0.3) is 0 Å². The van der Waals surface area contributed by atoms with Gasteiger partial charge in [0.15, 0.2) is 0 Å². The highest BCUT2D eigenvalue weighted by Gasteiger charge is 1.98. The van der Waals surface area contributed by atoms with Crippen molar-refractivity contribution in [3.05, 3.63) is 0 Å². The minimum absolute atomic E-state index is 0.110. The van der Waals surface area contributed by atoms with Crippen molar-refractivity contribution in [3.63, 3.8) is 0 Å². The van der Waals surface area contributed by atoms with E-state index in [0.717, 1.165) is 13.0 Å². The Bertz CT molecular complexity index is 83.1. The van der Waals surface area contributed by atoms with Crippen LogP contribution < -0.4 is 5.73 Å². The van der Waals surface area contributed by atoms with E-state index in [9.17, 15) is 4.79 Å². The second-order valence-electron chi connectivity index (χ2n) is 1.76. The maximum atomic E-state index is 10.6. The summed E-state index contributed by atoms with van der Waals surface area (Å²) in [6, 6.07) is 0. The van der Waals surface area contributed by atoms with Crippen molar-refractivity contribution in [2.75, 3.05) is 13.2 Å². The Morgan fingerprint density at radius 3 is 2.78 bits per heavy atom. The molecule has 0 unspecified atom stereocenters. The third-order valence-corrected chi connectivity index (χ3v) is 0.936. The Morgan fingerprint density at radius 2 is 2.33 bits per heavy atom. The summed E-state index contributed by atoms with van der Waals surface area (Å²) in [7, 11) is 0. The van der Waals surface area contributed by atoms with Crippen LogP contribution in [0.4, 0.5) is 0 Å². The normalized spacial score (nSPS) is 9.11. The first-order chi connectivity index (χ1) is 4.31. The molecule has 54 valence electrons. The molecule has 0 aliphatic rings. The zero-order chi connectivity index (χ0) is 7.11. The largest absolute Gasteiger partial charge is 0.466 e. The lowest BCUT2D eigenvalue weighted by molar-refractivity contribution is -0.368. The smallest absolute Gasteiger partial charge is 0.305 e. The highest BCUT2D eigenvalue weighted by molar-refractivity contribution is 5.69. The van der Waals surface area contributed by atoms with Crippen molar-refractivity contribution >= 4 is 5.97 Å². The highest BCUT2D eigenvalue weighted by Crippen LogP contribution is 1.88. The first-order valence-corrected chi connectivity index (χ1v) is 3.26. The fraction of sp³-hybridized carbons (Fsp3) is 0.833. The number of carbonyl (C=O) groups is 1. The first kappa shape index (κ1) is 8.43. The van der Waals surface area contributed by atoms with Gasteiger partial charge in [-0.25, -0.2) is 0 Å². The van der Waals surface area contributed by atoms with Crippen LogP contribution in [-0.4, -0.2) is 19.1 Å². The van der Waals surface area contributed by atoms with Gasteiger partial charge in [-0.05, 0) is 6.92 Å². The van der Waals surface area contributed by atoms with Crippen LogP contribution in [-0.2, 0) is 9.53 Å². The van der Waals surface area contributed by atoms with Crippen LogP contribution in [0.2, 0.25) is 0 Å². The molecular weight excluding hydrogens is 118 g/mol. The van der Waals surface area contributed by atoms with Gasteiger partial charge < -0.3 is 10.5 Å². The van der Waals surface area contributed by atoms with Gasteiger partial charge in [0.2, 0.25) is 0 Å². The molecule has 0 saturated carbocycles. The molecule has 3 heteroatoms. The summed E-state index contributed by atoms with van der Waals surface area (Å²) in [6.45, 7) is 3.09. The number of rotatable bonds is 4. The van der Waals surface area contributed by atoms with Gasteiger partial charge in [0.05, 0.1) is 19.6 Å². The minimum Gasteiger partial charge on any atom is -0.466 e. The number of esters is 1. The van der Waals surface area contributed by atoms with Crippen molar-refractivity contribution in [1.29, 1.82) is 0 Å². The van der Waals surface area contributed by atoms with Gasteiger partial charge >= 0.3 is 5.97 Å². The molecule has 0 aliphatic carbocycles. The summed E-state index contributed by atoms with van der Waals surface area (Å²) in [5, 5.41) is 0. The van der Waals surface area contributed by atoms with E-state index in [1.165, 1.54) is 0 Å². The molecule has 0 heterocycles. The van der Waals surface area contributed by atoms with Gasteiger partial charge in [-0.3, -0.25) is 4.79 Å². The van der Waals surface area contributed by atoms with Crippen molar-refractivity contribution in [2.24, 2.45) is 0 Å². The van der Waals surface area contributed by atoms with Gasteiger partial charge in [-0.2, -0.15) is 0 Å². The lowest BCUT2D eigenvalue weighted by Gasteiger charge is -1.97. The number of ether oxygens (including phenoxy) is 1. The SMILES string of the molecule is CCOC(=O)CCC[NH3+]. The van der Waals surface area contributed by atoms with E-state index < -0.39 is 0 Å². The summed E-state index contributed by atoms with van der Waals surface area (Å²) in [5.74, 6) is -0.110. The molecule has 9 heavy (non-hydrogen) atoms. The maximum absolute atomic E-state index is 10.6. The van der Waals surface area contributed by atoms with E-state index in [1.807, 2.05) is 6.92 Å². The van der Waals surface area contributed by atoms with E-state index in [4.69, 9.17) is 0 Å². The van der Waals surface area contributed by atoms with Crippen LogP contribution in [0, 0.1) is 0 Å². The topological polar surface area (TPSA) is 53.9 Å².